The highest BCUT2D eigenvalue weighted by Gasteiger charge is 2.52. The topological polar surface area (TPSA) is 56.8 Å². The Hall–Kier alpha value is -0.805. The van der Waals surface area contributed by atoms with Gasteiger partial charge in [-0.15, -0.1) is 0 Å². The van der Waals surface area contributed by atoms with Crippen LogP contribution < -0.4 is 5.73 Å². The molecule has 1 aliphatic rings. The molecule has 0 saturated carbocycles. The maximum absolute atomic E-state index is 5.99. The summed E-state index contributed by atoms with van der Waals surface area (Å²) in [5.74, 6) is 0. The lowest BCUT2D eigenvalue weighted by atomic mass is 9.77. The summed E-state index contributed by atoms with van der Waals surface area (Å²) in [4.78, 5) is 4.02. The van der Waals surface area contributed by atoms with E-state index < -0.39 is 7.12 Å². The van der Waals surface area contributed by atoms with Gasteiger partial charge in [0.2, 0.25) is 0 Å². The molecule has 5 heteroatoms. The van der Waals surface area contributed by atoms with Crippen LogP contribution in [0, 0.1) is 0 Å². The summed E-state index contributed by atoms with van der Waals surface area (Å²) < 4.78 is 11.9. The van der Waals surface area contributed by atoms with E-state index in [2.05, 4.69) is 4.99 Å². The fourth-order valence-electron chi connectivity index (χ4n) is 1.61. The van der Waals surface area contributed by atoms with E-state index in [1.807, 2.05) is 34.6 Å². The van der Waals surface area contributed by atoms with Crippen LogP contribution in [0.1, 0.15) is 41.0 Å². The summed E-state index contributed by atoms with van der Waals surface area (Å²) in [6.45, 7) is 10.1. The largest absolute Gasteiger partial charge is 0.498 e. The standard InChI is InChI=1S/C12H23BN2O2/c1-7-10(14)9(8-15-6)13-16-11(2,3)12(4,5)17-13/h8H,7,14H2,1-6H3. The van der Waals surface area contributed by atoms with Crippen LogP contribution in [0.3, 0.4) is 0 Å². The normalized spacial score (nSPS) is 24.2. The molecule has 17 heavy (non-hydrogen) atoms. The molecule has 2 N–H and O–H groups in total. The Kier molecular flexibility index (Phi) is 4.04. The Labute approximate surface area is 104 Å². The molecule has 96 valence electrons. The zero-order chi connectivity index (χ0) is 13.3. The second-order valence-electron chi connectivity index (χ2n) is 5.31. The summed E-state index contributed by atoms with van der Waals surface area (Å²) in [6.07, 6.45) is 2.48. The fourth-order valence-corrected chi connectivity index (χ4v) is 1.61. The molecular weight excluding hydrogens is 215 g/mol. The van der Waals surface area contributed by atoms with Crippen LogP contribution >= 0.6 is 0 Å². The lowest BCUT2D eigenvalue weighted by Crippen LogP contribution is -2.41. The molecule has 0 aromatic rings. The smallest absolute Gasteiger partial charge is 0.402 e. The van der Waals surface area contributed by atoms with Crippen LogP contribution in [0.15, 0.2) is 16.2 Å². The third kappa shape index (κ3) is 2.72. The lowest BCUT2D eigenvalue weighted by Gasteiger charge is -2.32. The first-order valence-electron chi connectivity index (χ1n) is 6.01. The molecule has 0 aromatic heterocycles. The molecule has 1 aliphatic heterocycles. The first-order chi connectivity index (χ1) is 7.75. The highest BCUT2D eigenvalue weighted by molar-refractivity contribution is 6.60. The number of hydrogen-bond donors (Lipinski definition) is 1. The van der Waals surface area contributed by atoms with Gasteiger partial charge in [-0.1, -0.05) is 6.92 Å². The minimum Gasteiger partial charge on any atom is -0.402 e. The number of hydrogen-bond acceptors (Lipinski definition) is 4. The molecule has 1 heterocycles. The van der Waals surface area contributed by atoms with Crippen molar-refractivity contribution in [2.45, 2.75) is 52.2 Å². The van der Waals surface area contributed by atoms with Crippen molar-refractivity contribution < 1.29 is 9.31 Å². The highest BCUT2D eigenvalue weighted by Crippen LogP contribution is 2.38. The van der Waals surface area contributed by atoms with Gasteiger partial charge in [-0.25, -0.2) is 0 Å². The van der Waals surface area contributed by atoms with Crippen LogP contribution in [0.25, 0.3) is 0 Å². The van der Waals surface area contributed by atoms with Crippen molar-refractivity contribution in [1.82, 2.24) is 0 Å². The van der Waals surface area contributed by atoms with Crippen molar-refractivity contribution in [3.8, 4) is 0 Å². The molecule has 1 fully saturated rings. The van der Waals surface area contributed by atoms with E-state index in [0.717, 1.165) is 17.6 Å². The Morgan fingerprint density at radius 3 is 2.06 bits per heavy atom. The van der Waals surface area contributed by atoms with Gasteiger partial charge in [-0.05, 0) is 34.1 Å². The summed E-state index contributed by atoms with van der Waals surface area (Å²) >= 11 is 0. The summed E-state index contributed by atoms with van der Waals surface area (Å²) in [5.41, 5.74) is 6.88. The molecule has 0 spiro atoms. The quantitative estimate of drug-likeness (QED) is 0.603. The van der Waals surface area contributed by atoms with Gasteiger partial charge < -0.3 is 15.0 Å². The van der Waals surface area contributed by atoms with Crippen molar-refractivity contribution in [3.05, 3.63) is 11.2 Å². The first kappa shape index (κ1) is 14.3. The maximum atomic E-state index is 5.99. The Balaban J connectivity index is 3.03. The van der Waals surface area contributed by atoms with Gasteiger partial charge in [0.15, 0.2) is 0 Å². The number of nitrogens with two attached hydrogens (primary N) is 1. The van der Waals surface area contributed by atoms with Crippen LogP contribution in [0.2, 0.25) is 0 Å². The maximum Gasteiger partial charge on any atom is 0.498 e. The van der Waals surface area contributed by atoms with Crippen LogP contribution in [0.5, 0.6) is 0 Å². The number of aliphatic imine (C=N–C) groups is 1. The van der Waals surface area contributed by atoms with Crippen LogP contribution in [-0.4, -0.2) is 31.6 Å². The molecule has 0 amide bonds. The molecule has 0 unspecified atom stereocenters. The summed E-state index contributed by atoms with van der Waals surface area (Å²) in [7, 11) is 1.29. The van der Waals surface area contributed by atoms with E-state index >= 15 is 0 Å². The van der Waals surface area contributed by atoms with Crippen molar-refractivity contribution in [2.75, 3.05) is 7.05 Å². The minimum atomic E-state index is -0.427. The third-order valence-electron chi connectivity index (χ3n) is 3.53. The molecule has 0 aliphatic carbocycles. The second kappa shape index (κ2) is 4.82. The van der Waals surface area contributed by atoms with Crippen molar-refractivity contribution in [2.24, 2.45) is 10.7 Å². The molecule has 1 rings (SSSR count). The molecule has 4 nitrogen and oxygen atoms in total. The van der Waals surface area contributed by atoms with Gasteiger partial charge in [0.25, 0.3) is 0 Å². The van der Waals surface area contributed by atoms with E-state index in [-0.39, 0.29) is 11.2 Å². The molecule has 0 radical (unpaired) electrons. The lowest BCUT2D eigenvalue weighted by molar-refractivity contribution is 0.00578. The van der Waals surface area contributed by atoms with E-state index in [4.69, 9.17) is 15.0 Å². The average molecular weight is 238 g/mol. The Morgan fingerprint density at radius 1 is 1.24 bits per heavy atom. The Morgan fingerprint density at radius 2 is 1.71 bits per heavy atom. The third-order valence-corrected chi connectivity index (χ3v) is 3.53. The van der Waals surface area contributed by atoms with Crippen molar-refractivity contribution in [1.29, 1.82) is 0 Å². The van der Waals surface area contributed by atoms with Gasteiger partial charge in [-0.3, -0.25) is 4.99 Å². The van der Waals surface area contributed by atoms with Crippen molar-refractivity contribution in [3.63, 3.8) is 0 Å². The van der Waals surface area contributed by atoms with Crippen LogP contribution in [0.4, 0.5) is 0 Å². The molecule has 0 atom stereocenters. The first-order valence-corrected chi connectivity index (χ1v) is 6.01. The van der Waals surface area contributed by atoms with Crippen LogP contribution in [-0.2, 0) is 9.31 Å². The van der Waals surface area contributed by atoms with Gasteiger partial charge in [-0.2, -0.15) is 0 Å². The monoisotopic (exact) mass is 238 g/mol. The Bertz CT molecular complexity index is 332. The zero-order valence-electron chi connectivity index (χ0n) is 11.7. The van der Waals surface area contributed by atoms with Gasteiger partial charge >= 0.3 is 7.12 Å². The summed E-state index contributed by atoms with van der Waals surface area (Å²) in [6, 6.07) is 0. The molecule has 0 aromatic carbocycles. The second-order valence-corrected chi connectivity index (χ2v) is 5.31. The van der Waals surface area contributed by atoms with Gasteiger partial charge in [0, 0.05) is 24.4 Å². The zero-order valence-corrected chi connectivity index (χ0v) is 11.7. The van der Waals surface area contributed by atoms with Crippen molar-refractivity contribution >= 4 is 13.3 Å². The highest BCUT2D eigenvalue weighted by atomic mass is 16.7. The molecule has 0 bridgehead atoms. The summed E-state index contributed by atoms with van der Waals surface area (Å²) in [5, 5.41) is 0. The molecule has 1 saturated heterocycles. The average Bonchev–Trinajstić information content (AvgIpc) is 2.43. The minimum absolute atomic E-state index is 0.349. The fraction of sp³-hybridized carbons (Fsp3) is 0.750. The predicted molar refractivity (Wildman–Crippen MR) is 72.0 cm³/mol. The van der Waals surface area contributed by atoms with Gasteiger partial charge in [0.05, 0.1) is 11.2 Å². The predicted octanol–water partition coefficient (Wildman–Crippen LogP) is 1.94. The SMILES string of the molecule is CCC(N)=C(C=NC)B1OC(C)(C)C(C)(C)O1. The number of allylic oxidation sites excluding steroid dienone is 2. The van der Waals surface area contributed by atoms with Gasteiger partial charge in [0.1, 0.15) is 0 Å². The number of rotatable bonds is 3. The van der Waals surface area contributed by atoms with E-state index in [0.29, 0.717) is 0 Å². The number of nitrogens with zero attached hydrogens (tertiary/aromatic N) is 1. The molecular formula is C12H23BN2O2. The van der Waals surface area contributed by atoms with E-state index in [9.17, 15) is 0 Å². The van der Waals surface area contributed by atoms with E-state index in [1.54, 1.807) is 13.3 Å². The van der Waals surface area contributed by atoms with E-state index in [1.165, 1.54) is 0 Å².